The van der Waals surface area contributed by atoms with E-state index in [1.807, 2.05) is 30.5 Å². The topological polar surface area (TPSA) is 28.1 Å². The van der Waals surface area contributed by atoms with Crippen LogP contribution in [-0.2, 0) is 6.42 Å². The molecule has 0 amide bonds. The van der Waals surface area contributed by atoms with E-state index in [-0.39, 0.29) is 0 Å². The number of aryl methyl sites for hydroxylation is 1. The largest absolute Gasteiger partial charge is 0.361 e. The van der Waals surface area contributed by atoms with Gasteiger partial charge in [0.15, 0.2) is 0 Å². The summed E-state index contributed by atoms with van der Waals surface area (Å²) in [5.41, 5.74) is 14.7. The van der Waals surface area contributed by atoms with E-state index in [9.17, 15) is 0 Å². The van der Waals surface area contributed by atoms with Crippen LogP contribution in [-0.4, -0.2) is 10.7 Å². The van der Waals surface area contributed by atoms with Crippen molar-refractivity contribution in [2.24, 2.45) is 4.99 Å². The predicted molar refractivity (Wildman–Crippen MR) is 206 cm³/mol. The van der Waals surface area contributed by atoms with Crippen LogP contribution in [0.4, 0.5) is 0 Å². The molecule has 0 aliphatic heterocycles. The third-order valence-corrected chi connectivity index (χ3v) is 9.41. The van der Waals surface area contributed by atoms with E-state index in [0.717, 1.165) is 52.0 Å². The van der Waals surface area contributed by atoms with Gasteiger partial charge >= 0.3 is 0 Å². The van der Waals surface area contributed by atoms with Gasteiger partial charge in [0.25, 0.3) is 0 Å². The van der Waals surface area contributed by atoms with Crippen LogP contribution in [0.3, 0.4) is 0 Å². The Morgan fingerprint density at radius 2 is 1.38 bits per heavy atom. The second-order valence-electron chi connectivity index (χ2n) is 12.6. The number of benzene rings is 6. The molecule has 1 N–H and O–H groups in total. The Morgan fingerprint density at radius 3 is 2.17 bits per heavy atom. The summed E-state index contributed by atoms with van der Waals surface area (Å²) in [6.45, 7) is 6.51. The number of hydrogen-bond donors (Lipinski definition) is 1. The standard InChI is InChI=1S/C46H36N2/c1-31(25-46(36-14-7-4-8-15-36)48-32(2)33-11-5-3-6-12-33)40-27-41(37-21-22-45-39(26-37)23-24-47-45)29-42(28-40)38-20-19-35-18-17-34-13-9-10-16-43(34)44(35)30-38/h3-8,10-12,14-30,47H,2,9,13H2,1H3/b31-25+,48-46?. The molecule has 2 nitrogen and oxygen atoms in total. The highest BCUT2D eigenvalue weighted by atomic mass is 14.8. The van der Waals surface area contributed by atoms with Crippen molar-refractivity contribution in [2.45, 2.75) is 19.8 Å². The van der Waals surface area contributed by atoms with Gasteiger partial charge in [-0.25, -0.2) is 4.99 Å². The Morgan fingerprint density at radius 1 is 0.667 bits per heavy atom. The summed E-state index contributed by atoms with van der Waals surface area (Å²) in [5.74, 6) is 0. The van der Waals surface area contributed by atoms with Gasteiger partial charge in [-0.2, -0.15) is 0 Å². The van der Waals surface area contributed by atoms with E-state index < -0.39 is 0 Å². The summed E-state index contributed by atoms with van der Waals surface area (Å²) in [6.07, 6.45) is 11.0. The van der Waals surface area contributed by atoms with E-state index in [2.05, 4.69) is 146 Å². The van der Waals surface area contributed by atoms with E-state index in [1.165, 1.54) is 49.5 Å². The molecule has 0 spiro atoms. The lowest BCUT2D eigenvalue weighted by Gasteiger charge is -2.16. The van der Waals surface area contributed by atoms with Crippen LogP contribution in [0, 0.1) is 0 Å². The zero-order valence-electron chi connectivity index (χ0n) is 27.1. The molecule has 6 aromatic carbocycles. The number of rotatable bonds is 7. The van der Waals surface area contributed by atoms with Crippen molar-refractivity contribution in [3.63, 3.8) is 0 Å². The molecule has 8 rings (SSSR count). The van der Waals surface area contributed by atoms with E-state index >= 15 is 0 Å². The minimum atomic E-state index is 0.737. The maximum absolute atomic E-state index is 5.08. The number of aromatic amines is 1. The zero-order valence-corrected chi connectivity index (χ0v) is 27.1. The smallest absolute Gasteiger partial charge is 0.0712 e. The minimum absolute atomic E-state index is 0.737. The molecule has 0 saturated heterocycles. The summed E-state index contributed by atoms with van der Waals surface area (Å²) >= 11 is 0. The number of allylic oxidation sites excluding steroid dienone is 3. The van der Waals surface area contributed by atoms with Gasteiger partial charge in [0.1, 0.15) is 0 Å². The highest BCUT2D eigenvalue weighted by molar-refractivity contribution is 6.14. The molecule has 0 radical (unpaired) electrons. The van der Waals surface area contributed by atoms with Crippen LogP contribution in [0.5, 0.6) is 0 Å². The van der Waals surface area contributed by atoms with Crippen LogP contribution in [0.25, 0.3) is 61.3 Å². The number of hydrogen-bond acceptors (Lipinski definition) is 1. The number of H-pyrrole nitrogens is 1. The maximum Gasteiger partial charge on any atom is 0.0712 e. The second-order valence-corrected chi connectivity index (χ2v) is 12.6. The first-order chi connectivity index (χ1) is 23.6. The zero-order chi connectivity index (χ0) is 32.5. The Hall–Kier alpha value is -5.99. The maximum atomic E-state index is 5.08. The molecular formula is C46H36N2. The van der Waals surface area contributed by atoms with Crippen LogP contribution in [0.15, 0.2) is 163 Å². The molecular weight excluding hydrogens is 581 g/mol. The molecule has 0 atom stereocenters. The molecule has 2 heteroatoms. The van der Waals surface area contributed by atoms with Gasteiger partial charge in [0.2, 0.25) is 0 Å². The molecule has 48 heavy (non-hydrogen) atoms. The van der Waals surface area contributed by atoms with Gasteiger partial charge in [-0.15, -0.1) is 0 Å². The molecule has 1 aromatic heterocycles. The summed E-state index contributed by atoms with van der Waals surface area (Å²) in [4.78, 5) is 8.42. The first-order valence-electron chi connectivity index (χ1n) is 16.6. The fourth-order valence-corrected chi connectivity index (χ4v) is 6.76. The molecule has 0 fully saturated rings. The van der Waals surface area contributed by atoms with Gasteiger partial charge in [0.05, 0.1) is 11.4 Å². The van der Waals surface area contributed by atoms with Crippen LogP contribution < -0.4 is 0 Å². The number of aliphatic imine (C=N–C) groups is 1. The SMILES string of the molecule is C=C(N=C(/C=C(\C)c1cc(-c2ccc3[nH]ccc3c2)cc(-c2ccc3ccc4c(c3c2)C=CCC4)c1)c1ccccc1)c1ccccc1. The number of nitrogens with zero attached hydrogens (tertiary/aromatic N) is 1. The summed E-state index contributed by atoms with van der Waals surface area (Å²) < 4.78 is 0. The average Bonchev–Trinajstić information content (AvgIpc) is 3.63. The average molecular weight is 617 g/mol. The van der Waals surface area contributed by atoms with Gasteiger partial charge in [-0.1, -0.05) is 110 Å². The van der Waals surface area contributed by atoms with Crippen molar-refractivity contribution < 1.29 is 0 Å². The normalized spacial score (nSPS) is 13.2. The Bertz CT molecular complexity index is 2400. The minimum Gasteiger partial charge on any atom is -0.361 e. The molecule has 7 aromatic rings. The third-order valence-electron chi connectivity index (χ3n) is 9.41. The van der Waals surface area contributed by atoms with Crippen LogP contribution in [0.1, 0.15) is 41.2 Å². The van der Waals surface area contributed by atoms with Crippen molar-refractivity contribution in [3.05, 3.63) is 186 Å². The summed E-state index contributed by atoms with van der Waals surface area (Å²) in [7, 11) is 0. The van der Waals surface area contributed by atoms with Crippen LogP contribution in [0.2, 0.25) is 0 Å². The van der Waals surface area contributed by atoms with Gasteiger partial charge in [-0.3, -0.25) is 0 Å². The summed E-state index contributed by atoms with van der Waals surface area (Å²) in [6, 6.07) is 47.8. The predicted octanol–water partition coefficient (Wildman–Crippen LogP) is 12.2. The fourth-order valence-electron chi connectivity index (χ4n) is 6.76. The van der Waals surface area contributed by atoms with Crippen molar-refractivity contribution in [1.29, 1.82) is 0 Å². The van der Waals surface area contributed by atoms with Gasteiger partial charge in [-0.05, 0) is 135 Å². The summed E-state index contributed by atoms with van der Waals surface area (Å²) in [5, 5.41) is 3.79. The lowest BCUT2D eigenvalue weighted by molar-refractivity contribution is 0.990. The van der Waals surface area contributed by atoms with E-state index in [4.69, 9.17) is 4.99 Å². The Kier molecular flexibility index (Phi) is 7.76. The van der Waals surface area contributed by atoms with Crippen molar-refractivity contribution in [3.8, 4) is 22.3 Å². The van der Waals surface area contributed by atoms with Crippen LogP contribution >= 0.6 is 0 Å². The molecule has 1 aliphatic carbocycles. The van der Waals surface area contributed by atoms with Gasteiger partial charge < -0.3 is 4.98 Å². The molecule has 1 aliphatic rings. The number of aromatic nitrogens is 1. The second kappa shape index (κ2) is 12.7. The molecule has 0 unspecified atom stereocenters. The van der Waals surface area contributed by atoms with E-state index in [1.54, 1.807) is 0 Å². The number of fused-ring (bicyclic) bond motifs is 4. The quantitative estimate of drug-likeness (QED) is 0.173. The Balaban J connectivity index is 1.29. The van der Waals surface area contributed by atoms with Gasteiger partial charge in [0, 0.05) is 17.3 Å². The fraction of sp³-hybridized carbons (Fsp3) is 0.0652. The van der Waals surface area contributed by atoms with E-state index in [0.29, 0.717) is 0 Å². The van der Waals surface area contributed by atoms with Crippen molar-refractivity contribution >= 4 is 44.7 Å². The first kappa shape index (κ1) is 29.4. The highest BCUT2D eigenvalue weighted by Crippen LogP contribution is 2.36. The monoisotopic (exact) mass is 616 g/mol. The third kappa shape index (κ3) is 5.85. The van der Waals surface area contributed by atoms with Crippen molar-refractivity contribution in [2.75, 3.05) is 0 Å². The highest BCUT2D eigenvalue weighted by Gasteiger charge is 2.13. The molecule has 0 bridgehead atoms. The van der Waals surface area contributed by atoms with Crippen molar-refractivity contribution in [1.82, 2.24) is 4.98 Å². The lowest BCUT2D eigenvalue weighted by atomic mass is 9.89. The first-order valence-corrected chi connectivity index (χ1v) is 16.6. The molecule has 0 saturated carbocycles. The molecule has 1 heterocycles. The lowest BCUT2D eigenvalue weighted by Crippen LogP contribution is -1.99. The molecule has 230 valence electrons. The Labute approximate surface area is 282 Å². The number of nitrogens with one attached hydrogen (secondary N) is 1.